The van der Waals surface area contributed by atoms with E-state index in [1.807, 2.05) is 19.9 Å². The molecule has 20 heavy (non-hydrogen) atoms. The van der Waals surface area contributed by atoms with Gasteiger partial charge in [-0.2, -0.15) is 5.26 Å². The summed E-state index contributed by atoms with van der Waals surface area (Å²) in [6.45, 7) is 4.07. The Kier molecular flexibility index (Phi) is 4.54. The number of benzene rings is 2. The number of hydrogen-bond acceptors (Lipinski definition) is 2. The summed E-state index contributed by atoms with van der Waals surface area (Å²) in [5, 5.41) is 10.1. The Balaban J connectivity index is 2.35. The van der Waals surface area contributed by atoms with Crippen LogP contribution in [0.1, 0.15) is 30.9 Å². The third-order valence-electron chi connectivity index (χ3n) is 2.89. The molecule has 0 atom stereocenters. The molecule has 2 rings (SSSR count). The smallest absolute Gasteiger partial charge is 0.146 e. The van der Waals surface area contributed by atoms with Crippen molar-refractivity contribution in [1.29, 1.82) is 5.26 Å². The maximum atomic E-state index is 9.10. The summed E-state index contributed by atoms with van der Waals surface area (Å²) in [5.74, 6) is 1.43. The molecule has 0 saturated carbocycles. The van der Waals surface area contributed by atoms with Crippen molar-refractivity contribution in [2.75, 3.05) is 0 Å². The van der Waals surface area contributed by atoms with Crippen LogP contribution in [0.25, 0.3) is 0 Å². The molecule has 0 saturated heterocycles. The molecule has 2 aromatic rings. The van der Waals surface area contributed by atoms with Gasteiger partial charge in [0.25, 0.3) is 0 Å². The maximum Gasteiger partial charge on any atom is 0.146 e. The topological polar surface area (TPSA) is 33.0 Å². The molecule has 0 aliphatic heterocycles. The van der Waals surface area contributed by atoms with Crippen LogP contribution in [-0.4, -0.2) is 0 Å². The molecule has 0 radical (unpaired) electrons. The standard InChI is InChI=1S/C16H13Cl2NO/c1-10(2)14-8-13(5-3-11(14)9-19)20-16-6-4-12(17)7-15(16)18/h3-8,10H,1-2H3. The van der Waals surface area contributed by atoms with E-state index in [-0.39, 0.29) is 5.92 Å². The normalized spacial score (nSPS) is 10.4. The summed E-state index contributed by atoms with van der Waals surface area (Å²) in [6, 6.07) is 12.6. The van der Waals surface area contributed by atoms with Gasteiger partial charge in [-0.25, -0.2) is 0 Å². The molecule has 4 heteroatoms. The van der Waals surface area contributed by atoms with Crippen LogP contribution in [0.5, 0.6) is 11.5 Å². The second-order valence-corrected chi connectivity index (χ2v) is 5.54. The van der Waals surface area contributed by atoms with Gasteiger partial charge in [-0.3, -0.25) is 0 Å². The number of rotatable bonds is 3. The first-order chi connectivity index (χ1) is 9.51. The van der Waals surface area contributed by atoms with Gasteiger partial charge in [0, 0.05) is 5.02 Å². The second-order valence-electron chi connectivity index (χ2n) is 4.69. The Morgan fingerprint density at radius 3 is 2.45 bits per heavy atom. The van der Waals surface area contributed by atoms with Gasteiger partial charge in [0.15, 0.2) is 0 Å². The summed E-state index contributed by atoms with van der Waals surface area (Å²) in [7, 11) is 0. The molecule has 0 bridgehead atoms. The van der Waals surface area contributed by atoms with Crippen LogP contribution in [-0.2, 0) is 0 Å². The van der Waals surface area contributed by atoms with Gasteiger partial charge >= 0.3 is 0 Å². The minimum absolute atomic E-state index is 0.244. The summed E-state index contributed by atoms with van der Waals surface area (Å²) < 4.78 is 5.75. The van der Waals surface area contributed by atoms with Crippen molar-refractivity contribution in [2.45, 2.75) is 19.8 Å². The molecule has 0 N–H and O–H groups in total. The summed E-state index contributed by atoms with van der Waals surface area (Å²) >= 11 is 11.9. The highest BCUT2D eigenvalue weighted by molar-refractivity contribution is 6.35. The van der Waals surface area contributed by atoms with E-state index in [2.05, 4.69) is 6.07 Å². The van der Waals surface area contributed by atoms with Crippen LogP contribution in [0.2, 0.25) is 10.0 Å². The molecule has 0 unspecified atom stereocenters. The van der Waals surface area contributed by atoms with Crippen molar-refractivity contribution in [3.63, 3.8) is 0 Å². The van der Waals surface area contributed by atoms with E-state index in [0.717, 1.165) is 5.56 Å². The van der Waals surface area contributed by atoms with Crippen molar-refractivity contribution < 1.29 is 4.74 Å². The fourth-order valence-corrected chi connectivity index (χ4v) is 2.32. The molecule has 0 fully saturated rings. The van der Waals surface area contributed by atoms with Crippen molar-refractivity contribution in [3.05, 3.63) is 57.6 Å². The number of hydrogen-bond donors (Lipinski definition) is 0. The Bertz CT molecular complexity index is 675. The molecular weight excluding hydrogens is 293 g/mol. The molecule has 2 aromatic carbocycles. The number of nitriles is 1. The minimum Gasteiger partial charge on any atom is -0.456 e. The number of halogens is 2. The van der Waals surface area contributed by atoms with E-state index in [0.29, 0.717) is 27.1 Å². The Hall–Kier alpha value is -1.69. The zero-order chi connectivity index (χ0) is 14.7. The number of nitrogens with zero attached hydrogens (tertiary/aromatic N) is 1. The average molecular weight is 306 g/mol. The fraction of sp³-hybridized carbons (Fsp3) is 0.188. The highest BCUT2D eigenvalue weighted by atomic mass is 35.5. The molecule has 0 amide bonds. The Morgan fingerprint density at radius 2 is 1.85 bits per heavy atom. The highest BCUT2D eigenvalue weighted by Crippen LogP contribution is 2.33. The van der Waals surface area contributed by atoms with Gasteiger partial charge in [0.05, 0.1) is 16.7 Å². The van der Waals surface area contributed by atoms with Crippen LogP contribution in [0, 0.1) is 11.3 Å². The zero-order valence-corrected chi connectivity index (χ0v) is 12.7. The molecule has 0 spiro atoms. The highest BCUT2D eigenvalue weighted by Gasteiger charge is 2.10. The quantitative estimate of drug-likeness (QED) is 0.720. The van der Waals surface area contributed by atoms with Crippen LogP contribution in [0.15, 0.2) is 36.4 Å². The van der Waals surface area contributed by atoms with E-state index in [1.165, 1.54) is 0 Å². The van der Waals surface area contributed by atoms with Gasteiger partial charge < -0.3 is 4.74 Å². The zero-order valence-electron chi connectivity index (χ0n) is 11.2. The molecule has 0 aliphatic carbocycles. The molecular formula is C16H13Cl2NO. The van der Waals surface area contributed by atoms with E-state index < -0.39 is 0 Å². The van der Waals surface area contributed by atoms with E-state index in [4.69, 9.17) is 33.2 Å². The van der Waals surface area contributed by atoms with Gasteiger partial charge in [-0.15, -0.1) is 0 Å². The Morgan fingerprint density at radius 1 is 1.10 bits per heavy atom. The van der Waals surface area contributed by atoms with E-state index in [9.17, 15) is 0 Å². The first kappa shape index (κ1) is 14.7. The van der Waals surface area contributed by atoms with Crippen molar-refractivity contribution in [3.8, 4) is 17.6 Å². The summed E-state index contributed by atoms with van der Waals surface area (Å²) in [6.07, 6.45) is 0. The van der Waals surface area contributed by atoms with E-state index >= 15 is 0 Å². The van der Waals surface area contributed by atoms with Crippen molar-refractivity contribution in [1.82, 2.24) is 0 Å². The molecule has 0 aromatic heterocycles. The van der Waals surface area contributed by atoms with Crippen molar-refractivity contribution >= 4 is 23.2 Å². The summed E-state index contributed by atoms with van der Waals surface area (Å²) in [5.41, 5.74) is 1.62. The van der Waals surface area contributed by atoms with Gasteiger partial charge in [-0.1, -0.05) is 37.0 Å². The fourth-order valence-electron chi connectivity index (χ4n) is 1.87. The summed E-state index contributed by atoms with van der Waals surface area (Å²) in [4.78, 5) is 0. The maximum absolute atomic E-state index is 9.10. The Labute approximate surface area is 128 Å². The lowest BCUT2D eigenvalue weighted by Crippen LogP contribution is -1.94. The van der Waals surface area contributed by atoms with Crippen LogP contribution >= 0.6 is 23.2 Å². The van der Waals surface area contributed by atoms with Crippen LogP contribution < -0.4 is 4.74 Å². The predicted octanol–water partition coefficient (Wildman–Crippen LogP) is 5.78. The SMILES string of the molecule is CC(C)c1cc(Oc2ccc(Cl)cc2Cl)ccc1C#N. The lowest BCUT2D eigenvalue weighted by atomic mass is 9.98. The molecule has 0 aliphatic rings. The number of ether oxygens (including phenoxy) is 1. The first-order valence-electron chi connectivity index (χ1n) is 6.18. The van der Waals surface area contributed by atoms with E-state index in [1.54, 1.807) is 30.3 Å². The lowest BCUT2D eigenvalue weighted by Gasteiger charge is -2.12. The molecule has 0 heterocycles. The predicted molar refractivity (Wildman–Crippen MR) is 81.8 cm³/mol. The van der Waals surface area contributed by atoms with Gasteiger partial charge in [-0.05, 0) is 47.9 Å². The largest absolute Gasteiger partial charge is 0.456 e. The van der Waals surface area contributed by atoms with Gasteiger partial charge in [0.2, 0.25) is 0 Å². The third-order valence-corrected chi connectivity index (χ3v) is 3.42. The minimum atomic E-state index is 0.244. The third kappa shape index (κ3) is 3.25. The first-order valence-corrected chi connectivity index (χ1v) is 6.94. The monoisotopic (exact) mass is 305 g/mol. The average Bonchev–Trinajstić information content (AvgIpc) is 2.41. The van der Waals surface area contributed by atoms with Crippen LogP contribution in [0.3, 0.4) is 0 Å². The van der Waals surface area contributed by atoms with Crippen molar-refractivity contribution in [2.24, 2.45) is 0 Å². The van der Waals surface area contributed by atoms with Gasteiger partial charge in [0.1, 0.15) is 11.5 Å². The van der Waals surface area contributed by atoms with Crippen LogP contribution in [0.4, 0.5) is 0 Å². The molecule has 2 nitrogen and oxygen atoms in total. The molecule has 102 valence electrons. The lowest BCUT2D eigenvalue weighted by molar-refractivity contribution is 0.481. The second kappa shape index (κ2) is 6.17.